The first kappa shape index (κ1) is 13.0. The Kier molecular flexibility index (Phi) is 3.46. The van der Waals surface area contributed by atoms with Crippen molar-refractivity contribution in [1.29, 1.82) is 0 Å². The molecule has 2 rings (SSSR count). The van der Waals surface area contributed by atoms with Crippen LogP contribution in [-0.4, -0.2) is 12.1 Å². The largest absolute Gasteiger partial charge is 0.497 e. The Hall–Kier alpha value is -2.44. The molecule has 1 heterocycles. The number of rotatable bonds is 3. The second kappa shape index (κ2) is 5.05. The van der Waals surface area contributed by atoms with Gasteiger partial charge < -0.3 is 15.8 Å². The van der Waals surface area contributed by atoms with Crippen LogP contribution in [0.1, 0.15) is 0 Å². The van der Waals surface area contributed by atoms with Gasteiger partial charge in [0.1, 0.15) is 11.6 Å². The van der Waals surface area contributed by atoms with Crippen LogP contribution in [0.5, 0.6) is 5.75 Å². The molecule has 0 saturated carbocycles. The van der Waals surface area contributed by atoms with Crippen LogP contribution in [0.2, 0.25) is 0 Å². The van der Waals surface area contributed by atoms with Gasteiger partial charge in [-0.05, 0) is 12.1 Å². The maximum Gasteiger partial charge on any atom is 0.169 e. The highest BCUT2D eigenvalue weighted by atomic mass is 19.1. The number of benzene rings is 1. The number of pyridine rings is 1. The maximum absolute atomic E-state index is 13.5. The Bertz CT molecular complexity index is 619. The van der Waals surface area contributed by atoms with Crippen molar-refractivity contribution in [3.8, 4) is 5.75 Å². The van der Waals surface area contributed by atoms with Crippen LogP contribution in [0.4, 0.5) is 30.5 Å². The van der Waals surface area contributed by atoms with E-state index in [1.165, 1.54) is 19.2 Å². The van der Waals surface area contributed by atoms with E-state index in [9.17, 15) is 13.2 Å². The van der Waals surface area contributed by atoms with Gasteiger partial charge in [-0.3, -0.25) is 0 Å². The average molecular weight is 269 g/mol. The number of hydrogen-bond acceptors (Lipinski definition) is 4. The summed E-state index contributed by atoms with van der Waals surface area (Å²) in [5.74, 6) is -3.06. The number of nitrogens with two attached hydrogens (primary N) is 1. The Morgan fingerprint density at radius 1 is 1.11 bits per heavy atom. The average Bonchev–Trinajstić information content (AvgIpc) is 2.38. The van der Waals surface area contributed by atoms with E-state index in [1.54, 1.807) is 0 Å². The molecule has 0 atom stereocenters. The van der Waals surface area contributed by atoms with Gasteiger partial charge in [-0.1, -0.05) is 0 Å². The normalized spacial score (nSPS) is 10.3. The molecule has 4 nitrogen and oxygen atoms in total. The molecular formula is C12H10F3N3O. The quantitative estimate of drug-likeness (QED) is 0.899. The highest BCUT2D eigenvalue weighted by Crippen LogP contribution is 2.26. The second-order valence-electron chi connectivity index (χ2n) is 3.66. The number of aromatic nitrogens is 1. The van der Waals surface area contributed by atoms with Gasteiger partial charge in [0, 0.05) is 12.1 Å². The molecule has 0 amide bonds. The minimum atomic E-state index is -0.978. The fourth-order valence-corrected chi connectivity index (χ4v) is 1.42. The van der Waals surface area contributed by atoms with Crippen LogP contribution < -0.4 is 15.8 Å². The summed E-state index contributed by atoms with van der Waals surface area (Å²) in [5, 5.41) is 2.40. The molecule has 3 N–H and O–H groups in total. The first-order valence-corrected chi connectivity index (χ1v) is 5.23. The summed E-state index contributed by atoms with van der Waals surface area (Å²) in [4.78, 5) is 3.47. The Morgan fingerprint density at radius 2 is 1.84 bits per heavy atom. The molecule has 19 heavy (non-hydrogen) atoms. The molecule has 0 aliphatic carbocycles. The third-order valence-electron chi connectivity index (χ3n) is 2.38. The molecule has 0 spiro atoms. The summed E-state index contributed by atoms with van der Waals surface area (Å²) >= 11 is 0. The van der Waals surface area contributed by atoms with Gasteiger partial charge >= 0.3 is 0 Å². The van der Waals surface area contributed by atoms with Gasteiger partial charge in [-0.25, -0.2) is 18.2 Å². The summed E-state index contributed by atoms with van der Waals surface area (Å²) in [7, 11) is 1.41. The van der Waals surface area contributed by atoms with E-state index in [2.05, 4.69) is 10.3 Å². The van der Waals surface area contributed by atoms with Crippen LogP contribution in [-0.2, 0) is 0 Å². The fraction of sp³-hybridized carbons (Fsp3) is 0.0833. The van der Waals surface area contributed by atoms with Gasteiger partial charge in [-0.15, -0.1) is 0 Å². The molecule has 0 radical (unpaired) electrons. The molecule has 0 fully saturated rings. The Balaban J connectivity index is 2.38. The van der Waals surface area contributed by atoms with E-state index in [0.29, 0.717) is 11.8 Å². The Labute approximate surface area is 107 Å². The summed E-state index contributed by atoms with van der Waals surface area (Å²) in [6, 6.07) is 4.44. The number of hydrogen-bond donors (Lipinski definition) is 2. The summed E-state index contributed by atoms with van der Waals surface area (Å²) in [5.41, 5.74) is 5.17. The highest BCUT2D eigenvalue weighted by molar-refractivity contribution is 5.60. The zero-order chi connectivity index (χ0) is 14.0. The topological polar surface area (TPSA) is 60.2 Å². The van der Waals surface area contributed by atoms with E-state index in [1.807, 2.05) is 0 Å². The van der Waals surface area contributed by atoms with Gasteiger partial charge in [0.2, 0.25) is 0 Å². The van der Waals surface area contributed by atoms with E-state index in [-0.39, 0.29) is 11.5 Å². The van der Waals surface area contributed by atoms with Crippen LogP contribution >= 0.6 is 0 Å². The number of halogens is 3. The minimum Gasteiger partial charge on any atom is -0.497 e. The van der Waals surface area contributed by atoms with E-state index in [0.717, 1.165) is 6.07 Å². The lowest BCUT2D eigenvalue weighted by Gasteiger charge is -2.10. The lowest BCUT2D eigenvalue weighted by Crippen LogP contribution is -2.04. The molecule has 7 heteroatoms. The van der Waals surface area contributed by atoms with E-state index < -0.39 is 23.3 Å². The van der Waals surface area contributed by atoms with Crippen molar-refractivity contribution in [2.45, 2.75) is 0 Å². The Morgan fingerprint density at radius 3 is 2.53 bits per heavy atom. The third kappa shape index (κ3) is 2.70. The molecule has 100 valence electrons. The SMILES string of the molecule is COc1ccc(F)c(Nc2nc(N)c(F)cc2F)c1. The van der Waals surface area contributed by atoms with Crippen molar-refractivity contribution in [1.82, 2.24) is 4.98 Å². The second-order valence-corrected chi connectivity index (χ2v) is 3.66. The van der Waals surface area contributed by atoms with E-state index in [4.69, 9.17) is 10.5 Å². The fourth-order valence-electron chi connectivity index (χ4n) is 1.42. The van der Waals surface area contributed by atoms with Crippen molar-refractivity contribution in [3.05, 3.63) is 41.7 Å². The van der Waals surface area contributed by atoms with Crippen LogP contribution in [0.3, 0.4) is 0 Å². The predicted molar refractivity (Wildman–Crippen MR) is 64.8 cm³/mol. The zero-order valence-corrected chi connectivity index (χ0v) is 9.88. The number of methoxy groups -OCH3 is 1. The summed E-state index contributed by atoms with van der Waals surface area (Å²) in [6.45, 7) is 0. The summed E-state index contributed by atoms with van der Waals surface area (Å²) in [6.07, 6.45) is 0. The van der Waals surface area contributed by atoms with Crippen LogP contribution in [0.25, 0.3) is 0 Å². The number of ether oxygens (including phenoxy) is 1. The lowest BCUT2D eigenvalue weighted by atomic mass is 10.2. The van der Waals surface area contributed by atoms with Crippen molar-refractivity contribution in [3.63, 3.8) is 0 Å². The molecule has 0 unspecified atom stereocenters. The van der Waals surface area contributed by atoms with Crippen LogP contribution in [0, 0.1) is 17.5 Å². The standard InChI is InChI=1S/C12H10F3N3O/c1-19-6-2-3-7(13)10(4-6)17-12-9(15)5-8(14)11(16)18-12/h2-5H,1H3,(H3,16,17,18). The smallest absolute Gasteiger partial charge is 0.169 e. The molecular weight excluding hydrogens is 259 g/mol. The number of nitrogens with one attached hydrogen (secondary N) is 1. The molecule has 0 saturated heterocycles. The molecule has 0 bridgehead atoms. The third-order valence-corrected chi connectivity index (χ3v) is 2.38. The van der Waals surface area contributed by atoms with Gasteiger partial charge in [0.25, 0.3) is 0 Å². The van der Waals surface area contributed by atoms with Crippen LogP contribution in [0.15, 0.2) is 24.3 Å². The highest BCUT2D eigenvalue weighted by Gasteiger charge is 2.12. The zero-order valence-electron chi connectivity index (χ0n) is 9.88. The molecule has 2 aromatic rings. The maximum atomic E-state index is 13.5. The number of nitrogen functional groups attached to an aromatic ring is 1. The molecule has 0 aliphatic rings. The van der Waals surface area contributed by atoms with Gasteiger partial charge in [0.05, 0.1) is 12.8 Å². The number of nitrogens with zero attached hydrogens (tertiary/aromatic N) is 1. The van der Waals surface area contributed by atoms with Crippen molar-refractivity contribution < 1.29 is 17.9 Å². The van der Waals surface area contributed by atoms with Gasteiger partial charge in [-0.2, -0.15) is 0 Å². The summed E-state index contributed by atoms with van der Waals surface area (Å²) < 4.78 is 44.8. The monoisotopic (exact) mass is 269 g/mol. The number of anilines is 3. The molecule has 1 aromatic heterocycles. The van der Waals surface area contributed by atoms with Crippen molar-refractivity contribution in [2.75, 3.05) is 18.2 Å². The predicted octanol–water partition coefficient (Wildman–Crippen LogP) is 2.83. The first-order valence-electron chi connectivity index (χ1n) is 5.23. The molecule has 0 aliphatic heterocycles. The van der Waals surface area contributed by atoms with Crippen molar-refractivity contribution in [2.24, 2.45) is 0 Å². The van der Waals surface area contributed by atoms with E-state index >= 15 is 0 Å². The van der Waals surface area contributed by atoms with Gasteiger partial charge in [0.15, 0.2) is 23.3 Å². The minimum absolute atomic E-state index is 0.0586. The molecule has 1 aromatic carbocycles. The lowest BCUT2D eigenvalue weighted by molar-refractivity contribution is 0.414. The van der Waals surface area contributed by atoms with Crippen molar-refractivity contribution >= 4 is 17.3 Å². The first-order chi connectivity index (χ1) is 9.01.